The molecule has 0 unspecified atom stereocenters. The Morgan fingerprint density at radius 1 is 1.21 bits per heavy atom. The minimum absolute atomic E-state index is 0.265. The van der Waals surface area contributed by atoms with E-state index in [0.29, 0.717) is 6.61 Å². The SMILES string of the molecule is CCOC(=O)[C@H](NC)[C@@]12O[C@H]3COC(C)(C)O[C@H]3[C@@H]1OC(C)(C)O2. The Balaban J connectivity index is 1.95. The lowest BCUT2D eigenvalue weighted by Gasteiger charge is -2.38. The zero-order valence-electron chi connectivity index (χ0n) is 15.1. The maximum absolute atomic E-state index is 12.5. The molecule has 0 saturated carbocycles. The van der Waals surface area contributed by atoms with E-state index < -0.39 is 41.6 Å². The van der Waals surface area contributed by atoms with Gasteiger partial charge in [-0.1, -0.05) is 0 Å². The molecule has 3 heterocycles. The summed E-state index contributed by atoms with van der Waals surface area (Å²) in [6, 6.07) is -0.846. The molecule has 8 nitrogen and oxygen atoms in total. The second kappa shape index (κ2) is 5.89. The molecule has 0 aliphatic carbocycles. The average Bonchev–Trinajstić information content (AvgIpc) is 2.87. The highest BCUT2D eigenvalue weighted by Gasteiger charge is 2.71. The van der Waals surface area contributed by atoms with Gasteiger partial charge < -0.3 is 33.7 Å². The third kappa shape index (κ3) is 2.85. The molecular formula is C16H27NO7. The van der Waals surface area contributed by atoms with E-state index in [9.17, 15) is 4.79 Å². The molecule has 3 aliphatic rings. The van der Waals surface area contributed by atoms with Crippen LogP contribution in [0.4, 0.5) is 0 Å². The second-order valence-corrected chi connectivity index (χ2v) is 7.19. The number of hydrogen-bond donors (Lipinski definition) is 1. The largest absolute Gasteiger partial charge is 0.465 e. The minimum atomic E-state index is -1.33. The molecule has 1 N–H and O–H groups in total. The lowest BCUT2D eigenvalue weighted by molar-refractivity contribution is -0.329. The van der Waals surface area contributed by atoms with Crippen LogP contribution in [0.3, 0.4) is 0 Å². The predicted octanol–water partition coefficient (Wildman–Crippen LogP) is 0.536. The topological polar surface area (TPSA) is 84.5 Å². The lowest BCUT2D eigenvalue weighted by Crippen LogP contribution is -2.60. The van der Waals surface area contributed by atoms with Crippen molar-refractivity contribution >= 4 is 5.97 Å². The van der Waals surface area contributed by atoms with E-state index in [-0.39, 0.29) is 12.7 Å². The molecular weight excluding hydrogens is 318 g/mol. The van der Waals surface area contributed by atoms with Crippen molar-refractivity contribution < 1.29 is 33.2 Å². The number of rotatable bonds is 4. The summed E-state index contributed by atoms with van der Waals surface area (Å²) in [5.74, 6) is -3.45. The molecule has 0 aromatic carbocycles. The van der Waals surface area contributed by atoms with Crippen LogP contribution in [0, 0.1) is 0 Å². The van der Waals surface area contributed by atoms with E-state index in [0.717, 1.165) is 0 Å². The van der Waals surface area contributed by atoms with Crippen LogP contribution < -0.4 is 5.32 Å². The van der Waals surface area contributed by atoms with Gasteiger partial charge in [-0.15, -0.1) is 0 Å². The molecule has 8 heteroatoms. The summed E-state index contributed by atoms with van der Waals surface area (Å²) >= 11 is 0. The third-order valence-corrected chi connectivity index (χ3v) is 4.44. The van der Waals surface area contributed by atoms with Crippen LogP contribution in [0.15, 0.2) is 0 Å². The normalized spacial score (nSPS) is 40.7. The number of likely N-dealkylation sites (N-methyl/N-ethyl adjacent to an activating group) is 1. The minimum Gasteiger partial charge on any atom is -0.465 e. The van der Waals surface area contributed by atoms with Gasteiger partial charge in [-0.3, -0.25) is 4.79 Å². The van der Waals surface area contributed by atoms with Crippen molar-refractivity contribution in [2.24, 2.45) is 0 Å². The number of carbonyl (C=O) groups excluding carboxylic acids is 1. The molecule has 0 bridgehead atoms. The lowest BCUT2D eigenvalue weighted by atomic mass is 9.97. The molecule has 0 aromatic rings. The summed E-state index contributed by atoms with van der Waals surface area (Å²) in [6.45, 7) is 9.60. The van der Waals surface area contributed by atoms with Crippen LogP contribution >= 0.6 is 0 Å². The van der Waals surface area contributed by atoms with Crippen LogP contribution in [-0.4, -0.2) is 67.9 Å². The van der Waals surface area contributed by atoms with E-state index in [1.165, 1.54) is 0 Å². The van der Waals surface area contributed by atoms with Gasteiger partial charge in [0.15, 0.2) is 17.6 Å². The van der Waals surface area contributed by atoms with Gasteiger partial charge in [0.1, 0.15) is 18.3 Å². The van der Waals surface area contributed by atoms with Crippen molar-refractivity contribution in [3.05, 3.63) is 0 Å². The van der Waals surface area contributed by atoms with E-state index in [1.54, 1.807) is 27.8 Å². The average molecular weight is 345 g/mol. The molecule has 0 spiro atoms. The first-order chi connectivity index (χ1) is 11.1. The summed E-state index contributed by atoms with van der Waals surface area (Å²) in [5.41, 5.74) is 0. The van der Waals surface area contributed by atoms with Crippen LogP contribution in [0.2, 0.25) is 0 Å². The first kappa shape index (κ1) is 18.0. The first-order valence-electron chi connectivity index (χ1n) is 8.35. The molecule has 3 fully saturated rings. The summed E-state index contributed by atoms with van der Waals surface area (Å²) in [5, 5.41) is 2.96. The monoisotopic (exact) mass is 345 g/mol. The zero-order valence-corrected chi connectivity index (χ0v) is 15.1. The van der Waals surface area contributed by atoms with Crippen molar-refractivity contribution in [3.8, 4) is 0 Å². The predicted molar refractivity (Wildman–Crippen MR) is 82.0 cm³/mol. The van der Waals surface area contributed by atoms with Gasteiger partial charge in [-0.05, 0) is 41.7 Å². The van der Waals surface area contributed by atoms with Crippen LogP contribution in [0.5, 0.6) is 0 Å². The summed E-state index contributed by atoms with van der Waals surface area (Å²) in [6.07, 6.45) is -1.37. The van der Waals surface area contributed by atoms with Gasteiger partial charge in [0.05, 0.1) is 13.2 Å². The van der Waals surface area contributed by atoms with Crippen molar-refractivity contribution in [2.45, 2.75) is 76.3 Å². The van der Waals surface area contributed by atoms with E-state index in [4.69, 9.17) is 28.4 Å². The smallest absolute Gasteiger partial charge is 0.328 e. The standard InChI is InChI=1S/C16H27NO7/c1-7-19-13(18)11(17-6)16-12(23-15(4,5)24-16)10-9(21-16)8-20-14(2,3)22-10/h9-12,17H,7-8H2,1-6H3/t9-,10+,11-,12-,16-/m0/s1. The van der Waals surface area contributed by atoms with Gasteiger partial charge in [-0.2, -0.15) is 0 Å². The third-order valence-electron chi connectivity index (χ3n) is 4.44. The molecule has 138 valence electrons. The van der Waals surface area contributed by atoms with Gasteiger partial charge in [-0.25, -0.2) is 0 Å². The molecule has 3 rings (SSSR count). The Morgan fingerprint density at radius 3 is 2.54 bits per heavy atom. The molecule has 3 saturated heterocycles. The fraction of sp³-hybridized carbons (Fsp3) is 0.938. The fourth-order valence-electron chi connectivity index (χ4n) is 3.65. The highest BCUT2D eigenvalue weighted by Crippen LogP contribution is 2.50. The molecule has 0 amide bonds. The number of esters is 1. The maximum Gasteiger partial charge on any atom is 0.328 e. The van der Waals surface area contributed by atoms with E-state index in [1.807, 2.05) is 13.8 Å². The highest BCUT2D eigenvalue weighted by molar-refractivity contribution is 5.77. The number of carbonyl (C=O) groups is 1. The Kier molecular flexibility index (Phi) is 4.43. The zero-order chi connectivity index (χ0) is 17.8. The van der Waals surface area contributed by atoms with Crippen LogP contribution in [-0.2, 0) is 33.2 Å². The van der Waals surface area contributed by atoms with Crippen LogP contribution in [0.1, 0.15) is 34.6 Å². The fourth-order valence-corrected chi connectivity index (χ4v) is 3.65. The van der Waals surface area contributed by atoms with Crippen molar-refractivity contribution in [1.82, 2.24) is 5.32 Å². The summed E-state index contributed by atoms with van der Waals surface area (Å²) < 4.78 is 35.2. The van der Waals surface area contributed by atoms with Gasteiger partial charge in [0.2, 0.25) is 5.79 Å². The Labute approximate surface area is 142 Å². The molecule has 24 heavy (non-hydrogen) atoms. The number of hydrogen-bond acceptors (Lipinski definition) is 8. The number of ether oxygens (including phenoxy) is 6. The quantitative estimate of drug-likeness (QED) is 0.739. The van der Waals surface area contributed by atoms with Crippen molar-refractivity contribution in [1.29, 1.82) is 0 Å². The van der Waals surface area contributed by atoms with E-state index >= 15 is 0 Å². The Bertz CT molecular complexity index is 509. The van der Waals surface area contributed by atoms with Crippen molar-refractivity contribution in [2.75, 3.05) is 20.3 Å². The van der Waals surface area contributed by atoms with E-state index in [2.05, 4.69) is 5.32 Å². The Morgan fingerprint density at radius 2 is 1.92 bits per heavy atom. The van der Waals surface area contributed by atoms with Crippen molar-refractivity contribution in [3.63, 3.8) is 0 Å². The molecule has 5 atom stereocenters. The number of nitrogens with one attached hydrogen (secondary N) is 1. The number of fused-ring (bicyclic) bond motifs is 3. The molecule has 0 radical (unpaired) electrons. The highest BCUT2D eigenvalue weighted by atomic mass is 16.9. The molecule has 0 aromatic heterocycles. The van der Waals surface area contributed by atoms with Crippen LogP contribution in [0.25, 0.3) is 0 Å². The molecule has 3 aliphatic heterocycles. The first-order valence-corrected chi connectivity index (χ1v) is 8.35. The van der Waals surface area contributed by atoms with Gasteiger partial charge in [0.25, 0.3) is 0 Å². The summed E-state index contributed by atoms with van der Waals surface area (Å²) in [7, 11) is 1.66. The van der Waals surface area contributed by atoms with Gasteiger partial charge in [0, 0.05) is 0 Å². The van der Waals surface area contributed by atoms with Gasteiger partial charge >= 0.3 is 5.97 Å². The maximum atomic E-state index is 12.5. The Hall–Kier alpha value is -0.770. The second-order valence-electron chi connectivity index (χ2n) is 7.19. The summed E-state index contributed by atoms with van der Waals surface area (Å²) in [4.78, 5) is 12.5.